The lowest BCUT2D eigenvalue weighted by atomic mass is 10.00. The van der Waals surface area contributed by atoms with Crippen LogP contribution in [-0.2, 0) is 0 Å². The van der Waals surface area contributed by atoms with E-state index in [1.807, 2.05) is 4.90 Å². The molecule has 1 saturated heterocycles. The molecule has 3 nitrogen and oxygen atoms in total. The summed E-state index contributed by atoms with van der Waals surface area (Å²) in [5.41, 5.74) is 0.630. The molecule has 1 aliphatic heterocycles. The molecule has 1 aliphatic rings. The van der Waals surface area contributed by atoms with Crippen LogP contribution < -0.4 is 5.32 Å². The molecule has 1 heterocycles. The normalized spacial score (nSPS) is 18.2. The number of rotatable bonds is 3. The van der Waals surface area contributed by atoms with E-state index in [0.717, 1.165) is 23.9 Å². The summed E-state index contributed by atoms with van der Waals surface area (Å²) in [7, 11) is 0. The van der Waals surface area contributed by atoms with Crippen LogP contribution in [0.3, 0.4) is 0 Å². The van der Waals surface area contributed by atoms with Crippen LogP contribution in [0.5, 0.6) is 5.75 Å². The number of hydrogen-bond donors (Lipinski definition) is 2. The minimum absolute atomic E-state index is 0.183. The molecular formula is C16H18F2N2O. The van der Waals surface area contributed by atoms with E-state index in [1.165, 1.54) is 0 Å². The van der Waals surface area contributed by atoms with Crippen molar-refractivity contribution in [3.63, 3.8) is 0 Å². The van der Waals surface area contributed by atoms with Crippen LogP contribution in [0.15, 0.2) is 36.4 Å². The number of fused-ring (bicyclic) bond motifs is 1. The third-order valence-corrected chi connectivity index (χ3v) is 3.97. The lowest BCUT2D eigenvalue weighted by molar-refractivity contribution is 0.0182. The fourth-order valence-electron chi connectivity index (χ4n) is 2.91. The van der Waals surface area contributed by atoms with Crippen molar-refractivity contribution in [3.05, 3.63) is 42.0 Å². The number of alkyl halides is 2. The van der Waals surface area contributed by atoms with Crippen molar-refractivity contribution in [3.8, 4) is 5.75 Å². The largest absolute Gasteiger partial charge is 0.508 e. The van der Waals surface area contributed by atoms with Gasteiger partial charge in [0, 0.05) is 26.2 Å². The van der Waals surface area contributed by atoms with Gasteiger partial charge in [-0.15, -0.1) is 0 Å². The predicted molar refractivity (Wildman–Crippen MR) is 78.8 cm³/mol. The summed E-state index contributed by atoms with van der Waals surface area (Å²) in [5.74, 6) is 0.183. The topological polar surface area (TPSA) is 35.5 Å². The van der Waals surface area contributed by atoms with Gasteiger partial charge in [0.05, 0.1) is 6.04 Å². The Morgan fingerprint density at radius 1 is 1.00 bits per heavy atom. The van der Waals surface area contributed by atoms with E-state index >= 15 is 0 Å². The van der Waals surface area contributed by atoms with E-state index < -0.39 is 12.5 Å². The molecule has 3 rings (SSSR count). The third-order valence-electron chi connectivity index (χ3n) is 3.97. The average Bonchev–Trinajstić information content (AvgIpc) is 2.48. The maximum Gasteiger partial charge on any atom is 0.258 e. The van der Waals surface area contributed by atoms with Gasteiger partial charge in [0.15, 0.2) is 0 Å². The van der Waals surface area contributed by atoms with Crippen LogP contribution in [0.2, 0.25) is 0 Å². The van der Waals surface area contributed by atoms with Gasteiger partial charge < -0.3 is 10.4 Å². The average molecular weight is 292 g/mol. The minimum Gasteiger partial charge on any atom is -0.508 e. The van der Waals surface area contributed by atoms with E-state index in [0.29, 0.717) is 18.7 Å². The Hall–Kier alpha value is -1.72. The maximum atomic E-state index is 13.5. The molecule has 0 amide bonds. The molecule has 2 N–H and O–H groups in total. The molecule has 0 unspecified atom stereocenters. The highest BCUT2D eigenvalue weighted by atomic mass is 19.3. The monoisotopic (exact) mass is 292 g/mol. The molecular weight excluding hydrogens is 274 g/mol. The number of phenols is 1. The minimum atomic E-state index is -2.42. The lowest BCUT2D eigenvalue weighted by Gasteiger charge is -2.34. The number of halogens is 2. The van der Waals surface area contributed by atoms with Crippen LogP contribution in [-0.4, -0.2) is 42.6 Å². The second-order valence-electron chi connectivity index (χ2n) is 5.36. The van der Waals surface area contributed by atoms with E-state index in [9.17, 15) is 13.9 Å². The van der Waals surface area contributed by atoms with Gasteiger partial charge in [-0.1, -0.05) is 18.2 Å². The zero-order valence-electron chi connectivity index (χ0n) is 11.6. The second kappa shape index (κ2) is 5.95. The van der Waals surface area contributed by atoms with Crippen LogP contribution >= 0.6 is 0 Å². The number of nitrogens with zero attached hydrogens (tertiary/aromatic N) is 1. The van der Waals surface area contributed by atoms with E-state index in [1.54, 1.807) is 36.4 Å². The molecule has 0 saturated carbocycles. The van der Waals surface area contributed by atoms with Gasteiger partial charge in [0.1, 0.15) is 5.75 Å². The Balaban J connectivity index is 1.96. The summed E-state index contributed by atoms with van der Waals surface area (Å²) in [4.78, 5) is 1.84. The zero-order valence-corrected chi connectivity index (χ0v) is 11.6. The van der Waals surface area contributed by atoms with Gasteiger partial charge >= 0.3 is 0 Å². The van der Waals surface area contributed by atoms with Crippen molar-refractivity contribution in [1.82, 2.24) is 10.2 Å². The molecule has 0 bridgehead atoms. The first-order valence-electron chi connectivity index (χ1n) is 7.11. The summed E-state index contributed by atoms with van der Waals surface area (Å²) in [5, 5.41) is 14.4. The predicted octanol–water partition coefficient (Wildman–Crippen LogP) is 2.76. The number of phenolic OH excluding ortho intramolecular Hbond substituents is 1. The second-order valence-corrected chi connectivity index (χ2v) is 5.36. The Bertz CT molecular complexity index is 627. The smallest absolute Gasteiger partial charge is 0.258 e. The van der Waals surface area contributed by atoms with Crippen molar-refractivity contribution in [2.24, 2.45) is 0 Å². The first-order chi connectivity index (χ1) is 10.1. The quantitative estimate of drug-likeness (QED) is 0.913. The highest BCUT2D eigenvalue weighted by Gasteiger charge is 2.30. The number of piperazine rings is 1. The Kier molecular flexibility index (Phi) is 4.03. The molecule has 0 spiro atoms. The van der Waals surface area contributed by atoms with E-state index in [2.05, 4.69) is 5.32 Å². The summed E-state index contributed by atoms with van der Waals surface area (Å²) >= 11 is 0. The van der Waals surface area contributed by atoms with Gasteiger partial charge in [0.2, 0.25) is 0 Å². The van der Waals surface area contributed by atoms with Crippen LogP contribution in [0.25, 0.3) is 10.8 Å². The Labute approximate surface area is 122 Å². The Morgan fingerprint density at radius 3 is 2.38 bits per heavy atom. The summed E-state index contributed by atoms with van der Waals surface area (Å²) < 4.78 is 27.1. The number of nitrogens with one attached hydrogen (secondary N) is 1. The number of aromatic hydroxyl groups is 1. The molecule has 21 heavy (non-hydrogen) atoms. The van der Waals surface area contributed by atoms with Crippen molar-refractivity contribution >= 4 is 10.8 Å². The van der Waals surface area contributed by atoms with Crippen molar-refractivity contribution in [2.75, 3.05) is 26.2 Å². The number of hydrogen-bond acceptors (Lipinski definition) is 3. The van der Waals surface area contributed by atoms with Gasteiger partial charge in [-0.3, -0.25) is 4.90 Å². The first-order valence-corrected chi connectivity index (χ1v) is 7.11. The lowest BCUT2D eigenvalue weighted by Crippen LogP contribution is -2.46. The SMILES string of the molecule is Oc1ccc2cc([C@H](C(F)F)N3CCNCC3)ccc2c1. The maximum absolute atomic E-state index is 13.5. The van der Waals surface area contributed by atoms with E-state index in [4.69, 9.17) is 0 Å². The standard InChI is InChI=1S/C16H18F2N2O/c17-16(18)15(20-7-5-19-6-8-20)13-2-1-12-10-14(21)4-3-11(12)9-13/h1-4,9-10,15-16,19,21H,5-8H2/t15-/m1/s1. The van der Waals surface area contributed by atoms with Crippen molar-refractivity contribution < 1.29 is 13.9 Å². The van der Waals surface area contributed by atoms with Crippen molar-refractivity contribution in [2.45, 2.75) is 12.5 Å². The molecule has 1 atom stereocenters. The highest BCUT2D eigenvalue weighted by molar-refractivity contribution is 5.84. The molecule has 0 radical (unpaired) electrons. The first kappa shape index (κ1) is 14.2. The molecule has 2 aromatic carbocycles. The van der Waals surface area contributed by atoms with Gasteiger partial charge in [-0.2, -0.15) is 0 Å². The van der Waals surface area contributed by atoms with Crippen LogP contribution in [0.1, 0.15) is 11.6 Å². The van der Waals surface area contributed by atoms with Crippen LogP contribution in [0, 0.1) is 0 Å². The van der Waals surface area contributed by atoms with Crippen molar-refractivity contribution in [1.29, 1.82) is 0 Å². The third kappa shape index (κ3) is 2.99. The van der Waals surface area contributed by atoms with E-state index in [-0.39, 0.29) is 5.75 Å². The molecule has 112 valence electrons. The molecule has 0 aromatic heterocycles. The molecule has 5 heteroatoms. The fourth-order valence-corrected chi connectivity index (χ4v) is 2.91. The molecule has 1 fully saturated rings. The van der Waals surface area contributed by atoms with Gasteiger partial charge in [-0.25, -0.2) is 8.78 Å². The summed E-state index contributed by atoms with van der Waals surface area (Å²) in [6.45, 7) is 2.74. The van der Waals surface area contributed by atoms with Gasteiger partial charge in [-0.05, 0) is 34.5 Å². The summed E-state index contributed by atoms with van der Waals surface area (Å²) in [6.07, 6.45) is -2.42. The molecule has 0 aliphatic carbocycles. The summed E-state index contributed by atoms with van der Waals surface area (Å²) in [6, 6.07) is 9.44. The van der Waals surface area contributed by atoms with Gasteiger partial charge in [0.25, 0.3) is 6.43 Å². The fraction of sp³-hybridized carbons (Fsp3) is 0.375. The Morgan fingerprint density at radius 2 is 1.67 bits per heavy atom. The highest BCUT2D eigenvalue weighted by Crippen LogP contribution is 2.31. The molecule has 2 aromatic rings. The number of benzene rings is 2. The van der Waals surface area contributed by atoms with Crippen LogP contribution in [0.4, 0.5) is 8.78 Å². The zero-order chi connectivity index (χ0) is 14.8.